The molecule has 0 saturated heterocycles. The topological polar surface area (TPSA) is 43.4 Å². The van der Waals surface area contributed by atoms with Crippen molar-refractivity contribution in [2.45, 2.75) is 20.8 Å². The van der Waals surface area contributed by atoms with Crippen LogP contribution in [-0.4, -0.2) is 18.4 Å². The Hall–Kier alpha value is -2.42. The summed E-state index contributed by atoms with van der Waals surface area (Å²) in [5.41, 5.74) is 3.83. The normalized spacial score (nSPS) is 10.2. The smallest absolute Gasteiger partial charge is 0.338 e. The lowest BCUT2D eigenvalue weighted by Gasteiger charge is -2.08. The van der Waals surface area contributed by atoms with Crippen LogP contribution in [0.1, 0.15) is 37.4 Å². The number of carbonyl (C=O) groups is 2. The molecule has 3 nitrogen and oxygen atoms in total. The molecule has 0 amide bonds. The minimum Gasteiger partial charge on any atom is -0.454 e. The molecule has 2 aromatic rings. The van der Waals surface area contributed by atoms with Crippen LogP contribution in [0.2, 0.25) is 0 Å². The van der Waals surface area contributed by atoms with E-state index in [1.54, 1.807) is 12.1 Å². The van der Waals surface area contributed by atoms with Crippen LogP contribution in [0.4, 0.5) is 0 Å². The van der Waals surface area contributed by atoms with Gasteiger partial charge in [-0.25, -0.2) is 4.79 Å². The zero-order chi connectivity index (χ0) is 15.4. The highest BCUT2D eigenvalue weighted by Crippen LogP contribution is 2.13. The van der Waals surface area contributed by atoms with Gasteiger partial charge in [0.15, 0.2) is 6.61 Å². The Balaban J connectivity index is 2.06. The summed E-state index contributed by atoms with van der Waals surface area (Å²) in [6, 6.07) is 12.8. The molecule has 0 aliphatic rings. The molecular formula is C18H18O3. The monoisotopic (exact) mass is 282 g/mol. The van der Waals surface area contributed by atoms with Crippen molar-refractivity contribution in [2.24, 2.45) is 0 Å². The Morgan fingerprint density at radius 1 is 0.905 bits per heavy atom. The molecule has 0 spiro atoms. The number of hydrogen-bond donors (Lipinski definition) is 0. The van der Waals surface area contributed by atoms with E-state index in [-0.39, 0.29) is 12.4 Å². The third kappa shape index (κ3) is 3.57. The molecule has 0 aliphatic heterocycles. The minimum atomic E-state index is -0.466. The quantitative estimate of drug-likeness (QED) is 0.635. The molecule has 2 rings (SSSR count). The number of Topliss-reactive ketones (excluding diaryl/α,β-unsaturated/α-hetero) is 1. The van der Waals surface area contributed by atoms with E-state index in [9.17, 15) is 9.59 Å². The maximum absolute atomic E-state index is 12.2. The first-order valence-corrected chi connectivity index (χ1v) is 6.82. The molecule has 0 heterocycles. The zero-order valence-electron chi connectivity index (χ0n) is 12.5. The summed E-state index contributed by atoms with van der Waals surface area (Å²) in [4.78, 5) is 24.1. The largest absolute Gasteiger partial charge is 0.454 e. The van der Waals surface area contributed by atoms with Gasteiger partial charge in [-0.1, -0.05) is 35.9 Å². The van der Waals surface area contributed by atoms with Crippen molar-refractivity contribution in [3.05, 3.63) is 70.3 Å². The third-order valence-electron chi connectivity index (χ3n) is 3.39. The molecular weight excluding hydrogens is 264 g/mol. The van der Waals surface area contributed by atoms with Crippen molar-refractivity contribution < 1.29 is 14.3 Å². The van der Waals surface area contributed by atoms with Crippen LogP contribution in [0.3, 0.4) is 0 Å². The van der Waals surface area contributed by atoms with Crippen LogP contribution >= 0.6 is 0 Å². The SMILES string of the molecule is Cc1ccc(C)c(C(=O)COC(=O)c2ccccc2C)c1. The highest BCUT2D eigenvalue weighted by molar-refractivity contribution is 6.00. The summed E-state index contributed by atoms with van der Waals surface area (Å²) in [6.07, 6.45) is 0. The summed E-state index contributed by atoms with van der Waals surface area (Å²) < 4.78 is 5.13. The van der Waals surface area contributed by atoms with Crippen LogP contribution < -0.4 is 0 Å². The standard InChI is InChI=1S/C18H18O3/c1-12-8-9-14(3)16(10-12)17(19)11-21-18(20)15-7-5-4-6-13(15)2/h4-10H,11H2,1-3H3. The van der Waals surface area contributed by atoms with Crippen LogP contribution in [0.25, 0.3) is 0 Å². The summed E-state index contributed by atoms with van der Waals surface area (Å²) >= 11 is 0. The van der Waals surface area contributed by atoms with Gasteiger partial charge in [-0.3, -0.25) is 4.79 Å². The van der Waals surface area contributed by atoms with Gasteiger partial charge in [-0.05, 0) is 44.0 Å². The average Bonchev–Trinajstić information content (AvgIpc) is 2.47. The van der Waals surface area contributed by atoms with E-state index >= 15 is 0 Å². The second-order valence-electron chi connectivity index (χ2n) is 5.13. The fraction of sp³-hybridized carbons (Fsp3) is 0.222. The molecule has 21 heavy (non-hydrogen) atoms. The van der Waals surface area contributed by atoms with E-state index in [0.29, 0.717) is 11.1 Å². The molecule has 2 aromatic carbocycles. The fourth-order valence-electron chi connectivity index (χ4n) is 2.12. The Morgan fingerprint density at radius 3 is 2.29 bits per heavy atom. The van der Waals surface area contributed by atoms with Gasteiger partial charge in [0.05, 0.1) is 5.56 Å². The predicted octanol–water partition coefficient (Wildman–Crippen LogP) is 3.65. The average molecular weight is 282 g/mol. The number of ketones is 1. The number of ether oxygens (including phenoxy) is 1. The fourth-order valence-corrected chi connectivity index (χ4v) is 2.12. The van der Waals surface area contributed by atoms with Gasteiger partial charge < -0.3 is 4.74 Å². The molecule has 0 N–H and O–H groups in total. The molecule has 0 saturated carbocycles. The summed E-state index contributed by atoms with van der Waals surface area (Å²) in [5, 5.41) is 0. The lowest BCUT2D eigenvalue weighted by atomic mass is 10.0. The molecule has 3 heteroatoms. The molecule has 0 radical (unpaired) electrons. The number of benzene rings is 2. The highest BCUT2D eigenvalue weighted by atomic mass is 16.5. The van der Waals surface area contributed by atoms with E-state index in [1.165, 1.54) is 0 Å². The lowest BCUT2D eigenvalue weighted by Crippen LogP contribution is -2.16. The van der Waals surface area contributed by atoms with E-state index < -0.39 is 5.97 Å². The summed E-state index contributed by atoms with van der Waals surface area (Å²) in [5.74, 6) is -0.648. The molecule has 0 unspecified atom stereocenters. The van der Waals surface area contributed by atoms with Gasteiger partial charge in [0.2, 0.25) is 5.78 Å². The number of hydrogen-bond acceptors (Lipinski definition) is 3. The number of esters is 1. The molecule has 0 bridgehead atoms. The Kier molecular flexibility index (Phi) is 4.53. The van der Waals surface area contributed by atoms with Crippen molar-refractivity contribution in [3.63, 3.8) is 0 Å². The molecule has 0 atom stereocenters. The molecule has 0 aliphatic carbocycles. The van der Waals surface area contributed by atoms with E-state index in [0.717, 1.165) is 16.7 Å². The zero-order valence-corrected chi connectivity index (χ0v) is 12.5. The van der Waals surface area contributed by atoms with Crippen molar-refractivity contribution >= 4 is 11.8 Å². The van der Waals surface area contributed by atoms with Gasteiger partial charge in [0, 0.05) is 5.56 Å². The van der Waals surface area contributed by atoms with Crippen LogP contribution in [0.15, 0.2) is 42.5 Å². The van der Waals surface area contributed by atoms with E-state index in [2.05, 4.69) is 0 Å². The first-order valence-electron chi connectivity index (χ1n) is 6.82. The minimum absolute atomic E-state index is 0.182. The van der Waals surface area contributed by atoms with Gasteiger partial charge in [0.1, 0.15) is 0 Å². The van der Waals surface area contributed by atoms with Crippen LogP contribution in [-0.2, 0) is 4.74 Å². The van der Waals surface area contributed by atoms with Crippen molar-refractivity contribution in [1.29, 1.82) is 0 Å². The Bertz CT molecular complexity index is 687. The molecule has 108 valence electrons. The Morgan fingerprint density at radius 2 is 1.57 bits per heavy atom. The first-order chi connectivity index (χ1) is 9.99. The van der Waals surface area contributed by atoms with Crippen LogP contribution in [0.5, 0.6) is 0 Å². The number of aryl methyl sites for hydroxylation is 3. The van der Waals surface area contributed by atoms with Gasteiger partial charge in [-0.2, -0.15) is 0 Å². The number of rotatable bonds is 4. The van der Waals surface area contributed by atoms with Crippen molar-refractivity contribution in [1.82, 2.24) is 0 Å². The predicted molar refractivity (Wildman–Crippen MR) is 81.7 cm³/mol. The third-order valence-corrected chi connectivity index (χ3v) is 3.39. The van der Waals surface area contributed by atoms with Gasteiger partial charge >= 0.3 is 5.97 Å². The molecule has 0 aromatic heterocycles. The molecule has 0 fully saturated rings. The van der Waals surface area contributed by atoms with Crippen molar-refractivity contribution in [3.8, 4) is 0 Å². The van der Waals surface area contributed by atoms with E-state index in [1.807, 2.05) is 51.1 Å². The summed E-state index contributed by atoms with van der Waals surface area (Å²) in [7, 11) is 0. The highest BCUT2D eigenvalue weighted by Gasteiger charge is 2.14. The lowest BCUT2D eigenvalue weighted by molar-refractivity contribution is 0.0474. The number of carbonyl (C=O) groups excluding carboxylic acids is 2. The second kappa shape index (κ2) is 6.35. The maximum Gasteiger partial charge on any atom is 0.338 e. The maximum atomic E-state index is 12.2. The van der Waals surface area contributed by atoms with Crippen molar-refractivity contribution in [2.75, 3.05) is 6.61 Å². The summed E-state index contributed by atoms with van der Waals surface area (Å²) in [6.45, 7) is 5.39. The van der Waals surface area contributed by atoms with Gasteiger partial charge in [0.25, 0.3) is 0 Å². The second-order valence-corrected chi connectivity index (χ2v) is 5.13. The Labute approximate surface area is 124 Å². The van der Waals surface area contributed by atoms with E-state index in [4.69, 9.17) is 4.74 Å². The van der Waals surface area contributed by atoms with Gasteiger partial charge in [-0.15, -0.1) is 0 Å². The first kappa shape index (κ1) is 15.0. The van der Waals surface area contributed by atoms with Crippen LogP contribution in [0, 0.1) is 20.8 Å².